The van der Waals surface area contributed by atoms with Crippen molar-refractivity contribution >= 4 is 28.5 Å². The minimum atomic E-state index is -1.02. The van der Waals surface area contributed by atoms with Crippen LogP contribution in [0.3, 0.4) is 0 Å². The lowest BCUT2D eigenvalue weighted by Crippen LogP contribution is -2.09. The number of aliphatic carboxylic acids is 1. The van der Waals surface area contributed by atoms with Gasteiger partial charge in [-0.05, 0) is 48.5 Å². The molecule has 3 rings (SSSR count). The molecule has 1 N–H and O–H groups in total. The lowest BCUT2D eigenvalue weighted by Gasteiger charge is -2.07. The van der Waals surface area contributed by atoms with Gasteiger partial charge in [0.1, 0.15) is 11.5 Å². The fourth-order valence-corrected chi connectivity index (χ4v) is 2.18. The van der Waals surface area contributed by atoms with E-state index in [1.807, 2.05) is 18.2 Å². The highest BCUT2D eigenvalue weighted by molar-refractivity contribution is 6.31. The average molecular weight is 330 g/mol. The molecule has 3 aromatic rings. The van der Waals surface area contributed by atoms with Crippen LogP contribution in [0.25, 0.3) is 10.9 Å². The van der Waals surface area contributed by atoms with Gasteiger partial charge in [0.25, 0.3) is 0 Å². The Hall–Kier alpha value is -2.79. The van der Waals surface area contributed by atoms with Crippen molar-refractivity contribution in [3.05, 3.63) is 59.6 Å². The van der Waals surface area contributed by atoms with Crippen LogP contribution in [-0.4, -0.2) is 22.7 Å². The lowest BCUT2D eigenvalue weighted by molar-refractivity contribution is -0.139. The molecule has 0 saturated heterocycles. The molecule has 5 nitrogen and oxygen atoms in total. The van der Waals surface area contributed by atoms with E-state index in [0.29, 0.717) is 22.4 Å². The number of benzene rings is 2. The molecular weight excluding hydrogens is 318 g/mol. The maximum atomic E-state index is 10.4. The number of carboxylic acid groups (broad SMARTS) is 1. The van der Waals surface area contributed by atoms with Crippen LogP contribution in [0.2, 0.25) is 5.02 Å². The van der Waals surface area contributed by atoms with Gasteiger partial charge >= 0.3 is 5.97 Å². The average Bonchev–Trinajstić information content (AvgIpc) is 2.54. The molecule has 23 heavy (non-hydrogen) atoms. The molecule has 0 fully saturated rings. The van der Waals surface area contributed by atoms with Crippen LogP contribution in [0.4, 0.5) is 0 Å². The Balaban J connectivity index is 1.73. The largest absolute Gasteiger partial charge is 0.482 e. The number of ether oxygens (including phenoxy) is 2. The van der Waals surface area contributed by atoms with Crippen LogP contribution in [0, 0.1) is 0 Å². The summed E-state index contributed by atoms with van der Waals surface area (Å²) in [5.74, 6) is 0.471. The predicted octanol–water partition coefficient (Wildman–Crippen LogP) is 4.14. The second-order valence-corrected chi connectivity index (χ2v) is 5.18. The molecule has 1 aromatic heterocycles. The molecule has 0 radical (unpaired) electrons. The second-order valence-electron chi connectivity index (χ2n) is 4.74. The molecule has 0 aliphatic heterocycles. The van der Waals surface area contributed by atoms with Gasteiger partial charge < -0.3 is 14.6 Å². The van der Waals surface area contributed by atoms with Crippen LogP contribution in [0.15, 0.2) is 54.6 Å². The van der Waals surface area contributed by atoms with Gasteiger partial charge in [-0.15, -0.1) is 0 Å². The van der Waals surface area contributed by atoms with E-state index < -0.39 is 5.97 Å². The minimum Gasteiger partial charge on any atom is -0.482 e. The highest BCUT2D eigenvalue weighted by Crippen LogP contribution is 2.25. The Bertz CT molecular complexity index is 849. The van der Waals surface area contributed by atoms with E-state index in [4.69, 9.17) is 26.2 Å². The van der Waals surface area contributed by atoms with E-state index in [1.54, 1.807) is 36.4 Å². The van der Waals surface area contributed by atoms with Gasteiger partial charge in [-0.25, -0.2) is 9.78 Å². The quantitative estimate of drug-likeness (QED) is 0.761. The summed E-state index contributed by atoms with van der Waals surface area (Å²) in [4.78, 5) is 14.8. The van der Waals surface area contributed by atoms with E-state index in [0.717, 1.165) is 10.9 Å². The maximum absolute atomic E-state index is 10.4. The van der Waals surface area contributed by atoms with E-state index in [2.05, 4.69) is 4.98 Å². The third-order valence-electron chi connectivity index (χ3n) is 3.03. The zero-order chi connectivity index (χ0) is 16.2. The molecule has 0 saturated carbocycles. The summed E-state index contributed by atoms with van der Waals surface area (Å²) < 4.78 is 10.7. The molecule has 0 bridgehead atoms. The molecule has 1 heterocycles. The SMILES string of the molecule is O=C(O)COc1ccc(Oc2ccc3cc(Cl)ccc3n2)cc1. The van der Waals surface area contributed by atoms with Crippen molar-refractivity contribution in [2.75, 3.05) is 6.61 Å². The van der Waals surface area contributed by atoms with Gasteiger partial charge in [-0.2, -0.15) is 0 Å². The predicted molar refractivity (Wildman–Crippen MR) is 86.4 cm³/mol. The second kappa shape index (κ2) is 6.54. The van der Waals surface area contributed by atoms with E-state index in [-0.39, 0.29) is 6.61 Å². The first kappa shape index (κ1) is 15.1. The van der Waals surface area contributed by atoms with E-state index in [1.165, 1.54) is 0 Å². The van der Waals surface area contributed by atoms with Crippen LogP contribution < -0.4 is 9.47 Å². The van der Waals surface area contributed by atoms with Crippen molar-refractivity contribution in [1.29, 1.82) is 0 Å². The highest BCUT2D eigenvalue weighted by atomic mass is 35.5. The summed E-state index contributed by atoms with van der Waals surface area (Å²) in [6.45, 7) is -0.380. The zero-order valence-corrected chi connectivity index (χ0v) is 12.7. The number of nitrogens with zero attached hydrogens (tertiary/aromatic N) is 1. The molecular formula is C17H12ClNO4. The topological polar surface area (TPSA) is 68.7 Å². The first-order chi connectivity index (χ1) is 11.1. The van der Waals surface area contributed by atoms with Crippen molar-refractivity contribution in [3.63, 3.8) is 0 Å². The normalized spacial score (nSPS) is 10.5. The Labute approximate surface area is 137 Å². The van der Waals surface area contributed by atoms with Crippen LogP contribution in [-0.2, 0) is 4.79 Å². The van der Waals surface area contributed by atoms with Crippen molar-refractivity contribution in [1.82, 2.24) is 4.98 Å². The van der Waals surface area contributed by atoms with Gasteiger partial charge in [-0.3, -0.25) is 0 Å². The third-order valence-corrected chi connectivity index (χ3v) is 3.27. The number of halogens is 1. The molecule has 2 aromatic carbocycles. The third kappa shape index (κ3) is 3.90. The fourth-order valence-electron chi connectivity index (χ4n) is 2.00. The summed E-state index contributed by atoms with van der Waals surface area (Å²) in [6.07, 6.45) is 0. The molecule has 0 unspecified atom stereocenters. The molecule has 0 atom stereocenters. The monoisotopic (exact) mass is 329 g/mol. The molecule has 0 spiro atoms. The number of aromatic nitrogens is 1. The first-order valence-electron chi connectivity index (χ1n) is 6.79. The van der Waals surface area contributed by atoms with E-state index in [9.17, 15) is 4.79 Å². The minimum absolute atomic E-state index is 0.380. The van der Waals surface area contributed by atoms with Crippen LogP contribution in [0.5, 0.6) is 17.4 Å². The Morgan fingerprint density at radius 1 is 1.04 bits per heavy atom. The number of fused-ring (bicyclic) bond motifs is 1. The first-order valence-corrected chi connectivity index (χ1v) is 7.17. The number of hydrogen-bond acceptors (Lipinski definition) is 4. The standard InChI is InChI=1S/C17H12ClNO4/c18-12-2-7-15-11(9-12)1-8-16(19-15)23-14-5-3-13(4-6-14)22-10-17(20)21/h1-9H,10H2,(H,20,21). The Morgan fingerprint density at radius 2 is 1.78 bits per heavy atom. The summed E-state index contributed by atoms with van der Waals surface area (Å²) in [5.41, 5.74) is 0.785. The zero-order valence-electron chi connectivity index (χ0n) is 11.9. The number of hydrogen-bond donors (Lipinski definition) is 1. The summed E-state index contributed by atoms with van der Waals surface area (Å²) in [6, 6.07) is 15.7. The number of pyridine rings is 1. The van der Waals surface area contributed by atoms with Crippen LogP contribution in [0.1, 0.15) is 0 Å². The smallest absolute Gasteiger partial charge is 0.341 e. The molecule has 0 aliphatic rings. The highest BCUT2D eigenvalue weighted by Gasteiger charge is 2.03. The molecule has 0 amide bonds. The van der Waals surface area contributed by atoms with Gasteiger partial charge in [-0.1, -0.05) is 11.6 Å². The molecule has 0 aliphatic carbocycles. The number of carbonyl (C=O) groups is 1. The number of rotatable bonds is 5. The van der Waals surface area contributed by atoms with Crippen molar-refractivity contribution in [2.24, 2.45) is 0 Å². The van der Waals surface area contributed by atoms with Crippen molar-refractivity contribution in [3.8, 4) is 17.4 Å². The maximum Gasteiger partial charge on any atom is 0.341 e. The molecule has 116 valence electrons. The fraction of sp³-hybridized carbons (Fsp3) is 0.0588. The summed E-state index contributed by atoms with van der Waals surface area (Å²) >= 11 is 5.94. The van der Waals surface area contributed by atoms with Crippen molar-refractivity contribution < 1.29 is 19.4 Å². The Morgan fingerprint density at radius 3 is 2.52 bits per heavy atom. The van der Waals surface area contributed by atoms with Gasteiger partial charge in [0.15, 0.2) is 6.61 Å². The van der Waals surface area contributed by atoms with Crippen molar-refractivity contribution in [2.45, 2.75) is 0 Å². The molecule has 6 heteroatoms. The summed E-state index contributed by atoms with van der Waals surface area (Å²) in [5, 5.41) is 10.2. The van der Waals surface area contributed by atoms with Crippen LogP contribution >= 0.6 is 11.6 Å². The van der Waals surface area contributed by atoms with Gasteiger partial charge in [0.05, 0.1) is 5.52 Å². The van der Waals surface area contributed by atoms with E-state index >= 15 is 0 Å². The number of carboxylic acids is 1. The lowest BCUT2D eigenvalue weighted by atomic mass is 10.2. The van der Waals surface area contributed by atoms with Gasteiger partial charge in [0, 0.05) is 16.5 Å². The Kier molecular flexibility index (Phi) is 4.30. The van der Waals surface area contributed by atoms with Gasteiger partial charge in [0.2, 0.25) is 5.88 Å². The summed E-state index contributed by atoms with van der Waals surface area (Å²) in [7, 11) is 0.